The minimum Gasteiger partial charge on any atom is -0.399 e. The summed E-state index contributed by atoms with van der Waals surface area (Å²) in [5, 5.41) is 8.73. The Morgan fingerprint density at radius 2 is 2.05 bits per heavy atom. The fraction of sp³-hybridized carbons (Fsp3) is 0.600. The molecule has 2 unspecified atom stereocenters. The fourth-order valence-corrected chi connectivity index (χ4v) is 4.00. The summed E-state index contributed by atoms with van der Waals surface area (Å²) in [5.41, 5.74) is 7.66. The molecule has 118 valence electrons. The Balaban J connectivity index is 2.26. The van der Waals surface area contributed by atoms with E-state index < -0.39 is 10.0 Å². The minimum absolute atomic E-state index is 0.104. The van der Waals surface area contributed by atoms with Gasteiger partial charge in [0.1, 0.15) is 0 Å². The van der Waals surface area contributed by atoms with Gasteiger partial charge < -0.3 is 11.1 Å². The molecule has 1 saturated carbocycles. The lowest BCUT2D eigenvalue weighted by Gasteiger charge is -2.30. The normalized spacial score (nSPS) is 23.0. The van der Waals surface area contributed by atoms with Crippen molar-refractivity contribution < 1.29 is 8.42 Å². The number of sulfonamides is 1. The number of nitrogens with one attached hydrogen (secondary N) is 1. The minimum atomic E-state index is -3.75. The number of benzene rings is 1. The van der Waals surface area contributed by atoms with E-state index in [1.807, 2.05) is 0 Å². The molecule has 2 atom stereocenters. The smallest absolute Gasteiger partial charge is 0.238 e. The third kappa shape index (κ3) is 3.89. The summed E-state index contributed by atoms with van der Waals surface area (Å²) in [7, 11) is -3.75. The average Bonchev–Trinajstić information content (AvgIpc) is 2.41. The summed E-state index contributed by atoms with van der Waals surface area (Å²) in [6.45, 7) is 3.99. The molecule has 5 nitrogen and oxygen atoms in total. The molecule has 1 aliphatic rings. The Hall–Kier alpha value is -1.27. The van der Waals surface area contributed by atoms with Gasteiger partial charge in [-0.25, -0.2) is 13.6 Å². The predicted molar refractivity (Wildman–Crippen MR) is 86.6 cm³/mol. The van der Waals surface area contributed by atoms with E-state index in [4.69, 9.17) is 10.9 Å². The van der Waals surface area contributed by atoms with Crippen molar-refractivity contribution in [2.45, 2.75) is 56.9 Å². The van der Waals surface area contributed by atoms with Crippen LogP contribution in [0, 0.1) is 12.8 Å². The van der Waals surface area contributed by atoms with Gasteiger partial charge in [-0.1, -0.05) is 26.2 Å². The Morgan fingerprint density at radius 3 is 2.67 bits per heavy atom. The Kier molecular flexibility index (Phi) is 4.78. The highest BCUT2D eigenvalue weighted by Crippen LogP contribution is 2.32. The molecule has 0 amide bonds. The van der Waals surface area contributed by atoms with Gasteiger partial charge in [0.05, 0.1) is 4.90 Å². The predicted octanol–water partition coefficient (Wildman–Crippen LogP) is 2.61. The first-order valence-corrected chi connectivity index (χ1v) is 9.05. The molecule has 1 aromatic rings. The van der Waals surface area contributed by atoms with Crippen molar-refractivity contribution in [3.63, 3.8) is 0 Å². The molecule has 5 N–H and O–H groups in total. The lowest BCUT2D eigenvalue weighted by atomic mass is 9.84. The number of hydrogen-bond donors (Lipinski definition) is 3. The Labute approximate surface area is 127 Å². The number of anilines is 2. The van der Waals surface area contributed by atoms with E-state index in [1.54, 1.807) is 13.0 Å². The number of hydrogen-bond acceptors (Lipinski definition) is 4. The third-order valence-corrected chi connectivity index (χ3v) is 5.45. The van der Waals surface area contributed by atoms with Crippen LogP contribution >= 0.6 is 0 Å². The molecule has 0 aromatic heterocycles. The molecule has 0 saturated heterocycles. The van der Waals surface area contributed by atoms with Gasteiger partial charge in [0, 0.05) is 17.4 Å². The molecule has 0 radical (unpaired) electrons. The highest BCUT2D eigenvalue weighted by Gasteiger charge is 2.22. The standard InChI is InChI=1S/C15H25N3O2S/c1-3-11-5-4-6-13(7-11)18-14-8-12(16)9-15(10(14)2)21(17,19)20/h8-9,11,13,18H,3-7,16H2,1-2H3,(H2,17,19,20). The molecule has 0 aliphatic heterocycles. The first-order chi connectivity index (χ1) is 9.81. The highest BCUT2D eigenvalue weighted by molar-refractivity contribution is 7.89. The maximum Gasteiger partial charge on any atom is 0.238 e. The Bertz CT molecular complexity index is 614. The molecule has 6 heteroatoms. The second kappa shape index (κ2) is 6.23. The summed E-state index contributed by atoms with van der Waals surface area (Å²) >= 11 is 0. The van der Waals surface area contributed by atoms with E-state index >= 15 is 0 Å². The summed E-state index contributed by atoms with van der Waals surface area (Å²) in [6, 6.07) is 3.59. The van der Waals surface area contributed by atoms with Gasteiger partial charge in [-0.2, -0.15) is 0 Å². The van der Waals surface area contributed by atoms with E-state index in [0.717, 1.165) is 24.4 Å². The van der Waals surface area contributed by atoms with Gasteiger partial charge in [0.2, 0.25) is 10.0 Å². The molecule has 0 heterocycles. The van der Waals surface area contributed by atoms with Gasteiger partial charge in [-0.05, 0) is 43.4 Å². The van der Waals surface area contributed by atoms with Gasteiger partial charge in [-0.3, -0.25) is 0 Å². The van der Waals surface area contributed by atoms with Crippen molar-refractivity contribution in [2.24, 2.45) is 11.1 Å². The molecule has 21 heavy (non-hydrogen) atoms. The quantitative estimate of drug-likeness (QED) is 0.744. The maximum absolute atomic E-state index is 11.6. The van der Waals surface area contributed by atoms with Crippen molar-refractivity contribution in [1.82, 2.24) is 0 Å². The monoisotopic (exact) mass is 311 g/mol. The summed E-state index contributed by atoms with van der Waals surface area (Å²) < 4.78 is 23.3. The molecule has 0 bridgehead atoms. The van der Waals surface area contributed by atoms with E-state index in [2.05, 4.69) is 12.2 Å². The zero-order valence-corrected chi connectivity index (χ0v) is 13.5. The second-order valence-electron chi connectivity index (χ2n) is 6.02. The number of primary sulfonamides is 1. The summed E-state index contributed by atoms with van der Waals surface area (Å²) in [4.78, 5) is 0.104. The van der Waals surface area contributed by atoms with E-state index in [-0.39, 0.29) is 4.90 Å². The average molecular weight is 311 g/mol. The van der Waals surface area contributed by atoms with Crippen molar-refractivity contribution in [2.75, 3.05) is 11.1 Å². The van der Waals surface area contributed by atoms with E-state index in [1.165, 1.54) is 25.3 Å². The van der Waals surface area contributed by atoms with Crippen molar-refractivity contribution in [1.29, 1.82) is 0 Å². The van der Waals surface area contributed by atoms with Crippen LogP contribution in [0.4, 0.5) is 11.4 Å². The topological polar surface area (TPSA) is 98.2 Å². The van der Waals surface area contributed by atoms with Crippen molar-refractivity contribution in [3.8, 4) is 0 Å². The molecule has 0 spiro atoms. The molecular weight excluding hydrogens is 286 g/mol. The summed E-state index contributed by atoms with van der Waals surface area (Å²) in [5.74, 6) is 0.746. The van der Waals surface area contributed by atoms with E-state index in [0.29, 0.717) is 17.3 Å². The number of nitrogen functional groups attached to an aromatic ring is 1. The van der Waals surface area contributed by atoms with Crippen LogP contribution in [0.1, 0.15) is 44.6 Å². The molecule has 1 aromatic carbocycles. The van der Waals surface area contributed by atoms with Gasteiger partial charge in [0.25, 0.3) is 0 Å². The van der Waals surface area contributed by atoms with Crippen LogP contribution < -0.4 is 16.2 Å². The lowest BCUT2D eigenvalue weighted by molar-refractivity contribution is 0.327. The lowest BCUT2D eigenvalue weighted by Crippen LogP contribution is -2.27. The van der Waals surface area contributed by atoms with Crippen LogP contribution in [-0.2, 0) is 10.0 Å². The van der Waals surface area contributed by atoms with Crippen LogP contribution in [0.5, 0.6) is 0 Å². The van der Waals surface area contributed by atoms with Gasteiger partial charge >= 0.3 is 0 Å². The molecule has 1 aliphatic carbocycles. The van der Waals surface area contributed by atoms with Crippen LogP contribution in [0.2, 0.25) is 0 Å². The first kappa shape index (κ1) is 16.1. The van der Waals surface area contributed by atoms with Crippen molar-refractivity contribution in [3.05, 3.63) is 17.7 Å². The van der Waals surface area contributed by atoms with Crippen molar-refractivity contribution >= 4 is 21.4 Å². The molecule has 2 rings (SSSR count). The number of nitrogens with two attached hydrogens (primary N) is 2. The fourth-order valence-electron chi connectivity index (χ4n) is 3.17. The van der Waals surface area contributed by atoms with Gasteiger partial charge in [-0.15, -0.1) is 0 Å². The first-order valence-electron chi connectivity index (χ1n) is 7.50. The summed E-state index contributed by atoms with van der Waals surface area (Å²) in [6.07, 6.45) is 5.91. The zero-order valence-electron chi connectivity index (χ0n) is 12.7. The third-order valence-electron chi connectivity index (χ3n) is 4.41. The van der Waals surface area contributed by atoms with Crippen LogP contribution in [0.15, 0.2) is 17.0 Å². The Morgan fingerprint density at radius 1 is 1.33 bits per heavy atom. The molecular formula is C15H25N3O2S. The molecule has 1 fully saturated rings. The number of rotatable bonds is 4. The highest BCUT2D eigenvalue weighted by atomic mass is 32.2. The van der Waals surface area contributed by atoms with Gasteiger partial charge in [0.15, 0.2) is 0 Å². The van der Waals surface area contributed by atoms with Crippen LogP contribution in [-0.4, -0.2) is 14.5 Å². The second-order valence-corrected chi connectivity index (χ2v) is 7.55. The SMILES string of the molecule is CCC1CCCC(Nc2cc(N)cc(S(N)(=O)=O)c2C)C1. The van der Waals surface area contributed by atoms with Crippen LogP contribution in [0.25, 0.3) is 0 Å². The largest absolute Gasteiger partial charge is 0.399 e. The maximum atomic E-state index is 11.6. The van der Waals surface area contributed by atoms with Crippen LogP contribution in [0.3, 0.4) is 0 Å². The zero-order chi connectivity index (χ0) is 15.6. The van der Waals surface area contributed by atoms with E-state index in [9.17, 15) is 8.42 Å².